The van der Waals surface area contributed by atoms with Gasteiger partial charge in [-0.1, -0.05) is 58.1 Å². The van der Waals surface area contributed by atoms with Crippen LogP contribution in [0.4, 0.5) is 0 Å². The van der Waals surface area contributed by atoms with Crippen molar-refractivity contribution in [3.8, 4) is 0 Å². The summed E-state index contributed by atoms with van der Waals surface area (Å²) in [6, 6.07) is 6.08. The van der Waals surface area contributed by atoms with Crippen LogP contribution < -0.4 is 21.3 Å². The summed E-state index contributed by atoms with van der Waals surface area (Å²) < 4.78 is 0. The zero-order chi connectivity index (χ0) is 31.8. The van der Waals surface area contributed by atoms with E-state index in [9.17, 15) is 29.2 Å². The predicted molar refractivity (Wildman–Crippen MR) is 166 cm³/mol. The summed E-state index contributed by atoms with van der Waals surface area (Å²) in [4.78, 5) is 51.8. The van der Waals surface area contributed by atoms with Crippen molar-refractivity contribution in [3.05, 3.63) is 35.4 Å². The Morgan fingerprint density at radius 2 is 1.49 bits per heavy atom. The summed E-state index contributed by atoms with van der Waals surface area (Å²) in [6.45, 7) is 4.70. The summed E-state index contributed by atoms with van der Waals surface area (Å²) in [5.41, 5.74) is 0.955. The van der Waals surface area contributed by atoms with Crippen LogP contribution >= 0.6 is 0 Å². The molecule has 238 valence electrons. The van der Waals surface area contributed by atoms with Gasteiger partial charge in [-0.05, 0) is 50.2 Å². The molecule has 12 nitrogen and oxygen atoms in total. The third-order valence-electron chi connectivity index (χ3n) is 7.45. The molecule has 0 fully saturated rings. The maximum atomic E-state index is 13.0. The molecule has 0 aliphatic carbocycles. The fraction of sp³-hybridized carbons (Fsp3) is 0.633. The minimum absolute atomic E-state index is 0.133. The Bertz CT molecular complexity index is 1050. The summed E-state index contributed by atoms with van der Waals surface area (Å²) in [7, 11) is -0.0786. The number of fused-ring (bicyclic) bond motifs is 1. The first-order chi connectivity index (χ1) is 20.5. The third-order valence-corrected chi connectivity index (χ3v) is 7.45. The van der Waals surface area contributed by atoms with Crippen molar-refractivity contribution >= 4 is 36.7 Å². The van der Waals surface area contributed by atoms with Crippen LogP contribution in [0.25, 0.3) is 0 Å². The van der Waals surface area contributed by atoms with E-state index in [1.54, 1.807) is 31.3 Å². The molecule has 1 heterocycles. The van der Waals surface area contributed by atoms with Crippen LogP contribution in [-0.4, -0.2) is 83.8 Å². The van der Waals surface area contributed by atoms with Crippen LogP contribution in [0.15, 0.2) is 24.3 Å². The molecule has 1 aliphatic rings. The number of guanidine groups is 1. The van der Waals surface area contributed by atoms with Crippen molar-refractivity contribution in [2.24, 2.45) is 5.92 Å². The van der Waals surface area contributed by atoms with Gasteiger partial charge in [-0.3, -0.25) is 29.5 Å². The second kappa shape index (κ2) is 19.0. The number of carbonyl (C=O) groups is 4. The quantitative estimate of drug-likeness (QED) is 0.0389. The van der Waals surface area contributed by atoms with Gasteiger partial charge in [0.1, 0.15) is 6.04 Å². The van der Waals surface area contributed by atoms with Crippen LogP contribution in [-0.2, 0) is 9.59 Å². The molecule has 1 aromatic rings. The van der Waals surface area contributed by atoms with E-state index in [4.69, 9.17) is 5.41 Å². The summed E-state index contributed by atoms with van der Waals surface area (Å²) >= 11 is 0. The molecular formula is C30H49BN6O6. The molecule has 0 saturated carbocycles. The molecule has 0 unspecified atom stereocenters. The number of carbonyl (C=O) groups excluding carboxylic acids is 4. The topological polar surface area (TPSA) is 184 Å². The number of unbranched alkanes of at least 4 members (excludes halogenated alkanes) is 6. The normalized spacial score (nSPS) is 13.9. The number of rotatable bonds is 20. The van der Waals surface area contributed by atoms with Gasteiger partial charge in [-0.25, -0.2) is 0 Å². The van der Waals surface area contributed by atoms with Crippen molar-refractivity contribution in [2.45, 2.75) is 96.5 Å². The largest absolute Gasteiger partial charge is 0.475 e. The first kappa shape index (κ1) is 35.7. The molecule has 0 spiro atoms. The molecule has 0 bridgehead atoms. The highest BCUT2D eigenvalue weighted by Gasteiger charge is 2.34. The van der Waals surface area contributed by atoms with Gasteiger partial charge in [0.15, 0.2) is 5.96 Å². The Kier molecular flexibility index (Phi) is 15.8. The minimum Gasteiger partial charge on any atom is -0.426 e. The number of nitrogens with one attached hydrogen (secondary N) is 5. The molecule has 13 heteroatoms. The lowest BCUT2D eigenvalue weighted by molar-refractivity contribution is -0.129. The van der Waals surface area contributed by atoms with Gasteiger partial charge in [0.05, 0.1) is 17.1 Å². The van der Waals surface area contributed by atoms with Crippen LogP contribution in [0.2, 0.25) is 0 Å². The van der Waals surface area contributed by atoms with Gasteiger partial charge in [0, 0.05) is 26.6 Å². The number of imide groups is 1. The van der Waals surface area contributed by atoms with Gasteiger partial charge in [-0.2, -0.15) is 0 Å². The number of benzene rings is 1. The van der Waals surface area contributed by atoms with Crippen LogP contribution in [0.3, 0.4) is 0 Å². The van der Waals surface area contributed by atoms with Gasteiger partial charge < -0.3 is 31.3 Å². The molecule has 1 aliphatic heterocycles. The number of hydrogen-bond acceptors (Lipinski definition) is 7. The van der Waals surface area contributed by atoms with Gasteiger partial charge in [0.2, 0.25) is 11.8 Å². The smallest absolute Gasteiger partial charge is 0.426 e. The molecular weight excluding hydrogens is 551 g/mol. The zero-order valence-electron chi connectivity index (χ0n) is 25.8. The summed E-state index contributed by atoms with van der Waals surface area (Å²) in [5.74, 6) is -1.67. The molecule has 0 saturated heterocycles. The SMILES string of the molecule is CNC(=N)NCCC[C@H](NC(=O)CCCCCCCCCN1C(=O)c2ccccc2C1=O)C(=O)N[C@@H](CC(C)C)B(O)O. The lowest BCUT2D eigenvalue weighted by Crippen LogP contribution is -2.54. The van der Waals surface area contributed by atoms with E-state index in [0.717, 1.165) is 38.5 Å². The molecule has 43 heavy (non-hydrogen) atoms. The Morgan fingerprint density at radius 3 is 2.05 bits per heavy atom. The first-order valence-electron chi connectivity index (χ1n) is 15.5. The van der Waals surface area contributed by atoms with Crippen molar-refractivity contribution in [2.75, 3.05) is 20.1 Å². The summed E-state index contributed by atoms with van der Waals surface area (Å²) in [5, 5.41) is 38.0. The third kappa shape index (κ3) is 12.4. The molecule has 2 rings (SSSR count). The summed E-state index contributed by atoms with van der Waals surface area (Å²) in [6.07, 6.45) is 7.66. The highest BCUT2D eigenvalue weighted by Crippen LogP contribution is 2.23. The van der Waals surface area contributed by atoms with E-state index in [1.807, 2.05) is 13.8 Å². The zero-order valence-corrected chi connectivity index (χ0v) is 25.8. The van der Waals surface area contributed by atoms with E-state index in [-0.39, 0.29) is 36.0 Å². The van der Waals surface area contributed by atoms with Gasteiger partial charge in [0.25, 0.3) is 11.8 Å². The number of hydrogen-bond donors (Lipinski definition) is 7. The second-order valence-electron chi connectivity index (χ2n) is 11.5. The van der Waals surface area contributed by atoms with Gasteiger partial charge >= 0.3 is 7.12 Å². The Morgan fingerprint density at radius 1 is 0.907 bits per heavy atom. The lowest BCUT2D eigenvalue weighted by atomic mass is 9.75. The van der Waals surface area contributed by atoms with Crippen molar-refractivity contribution < 1.29 is 29.2 Å². The molecule has 1 aromatic carbocycles. The standard InChI is InChI=1S/C30H49BN6O6/c1-21(2)20-25(31(42)43)36-27(39)24(16-13-18-34-30(32)33-3)35-26(38)17-9-7-5-4-6-8-12-19-37-28(40)22-14-10-11-15-23(22)29(37)41/h10-11,14-15,21,24-25,42-43H,4-9,12-13,16-20H2,1-3H3,(H,35,38)(H,36,39)(H3,32,33,34)/t24-,25-/m0/s1. The fourth-order valence-corrected chi connectivity index (χ4v) is 5.07. The first-order valence-corrected chi connectivity index (χ1v) is 15.5. The fourth-order valence-electron chi connectivity index (χ4n) is 5.07. The number of amides is 4. The van der Waals surface area contributed by atoms with Crippen LogP contribution in [0.1, 0.15) is 105 Å². The number of nitrogens with zero attached hydrogens (tertiary/aromatic N) is 1. The second-order valence-corrected chi connectivity index (χ2v) is 11.5. The maximum absolute atomic E-state index is 13.0. The Balaban J connectivity index is 1.68. The van der Waals surface area contributed by atoms with Crippen molar-refractivity contribution in [3.63, 3.8) is 0 Å². The van der Waals surface area contributed by atoms with E-state index in [1.165, 1.54) is 4.90 Å². The van der Waals surface area contributed by atoms with E-state index in [2.05, 4.69) is 21.3 Å². The van der Waals surface area contributed by atoms with Gasteiger partial charge in [-0.15, -0.1) is 0 Å². The van der Waals surface area contributed by atoms with Crippen molar-refractivity contribution in [1.82, 2.24) is 26.2 Å². The average Bonchev–Trinajstić information content (AvgIpc) is 3.21. The highest BCUT2D eigenvalue weighted by molar-refractivity contribution is 6.43. The lowest BCUT2D eigenvalue weighted by Gasteiger charge is -2.24. The average molecular weight is 601 g/mol. The predicted octanol–water partition coefficient (Wildman–Crippen LogP) is 1.96. The highest BCUT2D eigenvalue weighted by atomic mass is 16.4. The Hall–Kier alpha value is -3.45. The molecule has 4 amide bonds. The molecule has 7 N–H and O–H groups in total. The monoisotopic (exact) mass is 600 g/mol. The van der Waals surface area contributed by atoms with Crippen molar-refractivity contribution in [1.29, 1.82) is 5.41 Å². The van der Waals surface area contributed by atoms with E-state index >= 15 is 0 Å². The van der Waals surface area contributed by atoms with E-state index < -0.39 is 25.0 Å². The minimum atomic E-state index is -1.71. The van der Waals surface area contributed by atoms with Crippen LogP contribution in [0, 0.1) is 11.3 Å². The molecule has 2 atom stereocenters. The maximum Gasteiger partial charge on any atom is 0.475 e. The molecule has 0 aromatic heterocycles. The van der Waals surface area contributed by atoms with E-state index in [0.29, 0.717) is 49.9 Å². The molecule has 0 radical (unpaired) electrons. The van der Waals surface area contributed by atoms with Crippen LogP contribution in [0.5, 0.6) is 0 Å². The Labute approximate surface area is 255 Å².